The smallest absolute Gasteiger partial charge is 0.133 e. The van der Waals surface area contributed by atoms with Crippen molar-refractivity contribution in [2.45, 2.75) is 157 Å². The molecule has 1 N–H and O–H groups in total. The standard InChI is InChI=1S/2C9H13N.3C8H12N2.C7H12N2/c1-9(2,3)8-5-4-6-10-7-8;1-9(2,3)8-6-4-5-7-10-8;1-8(2,3)7-6-9-4-5-10-7;1-8(2,3)7-9-5-4-6-10-7;1-8(2,3)7-5-4-6-9-10-7;1-7(2,3)6-4-5-8-9-6/h2*4-7H,1-3H3;3*4-6H,1-3H3;4-5H,1-3H3,(H,8,9). The topological polar surface area (TPSA) is 132 Å². The number of aromatic nitrogens is 10. The van der Waals surface area contributed by atoms with Gasteiger partial charge in [0.05, 0.1) is 11.4 Å². The minimum Gasteiger partial charge on any atom is -0.282 e. The molecule has 0 atom stereocenters. The quantitative estimate of drug-likeness (QED) is 0.159. The molecule has 0 aliphatic rings. The van der Waals surface area contributed by atoms with E-state index >= 15 is 0 Å². The lowest BCUT2D eigenvalue weighted by Gasteiger charge is -2.17. The summed E-state index contributed by atoms with van der Waals surface area (Å²) in [4.78, 5) is 24.8. The second-order valence-electron chi connectivity index (χ2n) is 20.2. The second-order valence-corrected chi connectivity index (χ2v) is 20.2. The number of hydrogen-bond acceptors (Lipinski definition) is 9. The van der Waals surface area contributed by atoms with Crippen LogP contribution in [0.15, 0.2) is 117 Å². The summed E-state index contributed by atoms with van der Waals surface area (Å²) in [7, 11) is 0. The Kier molecular flexibility index (Phi) is 20.5. The molecule has 0 saturated carbocycles. The highest BCUT2D eigenvalue weighted by atomic mass is 15.1. The largest absolute Gasteiger partial charge is 0.282 e. The van der Waals surface area contributed by atoms with Gasteiger partial charge in [-0.05, 0) is 53.4 Å². The number of aromatic amines is 1. The molecule has 320 valence electrons. The van der Waals surface area contributed by atoms with Crippen LogP contribution in [0.3, 0.4) is 0 Å². The van der Waals surface area contributed by atoms with Crippen molar-refractivity contribution in [3.63, 3.8) is 0 Å². The lowest BCUT2D eigenvalue weighted by Crippen LogP contribution is -2.14. The molecule has 0 radical (unpaired) electrons. The zero-order valence-corrected chi connectivity index (χ0v) is 39.5. The van der Waals surface area contributed by atoms with Gasteiger partial charge in [0.15, 0.2) is 0 Å². The van der Waals surface area contributed by atoms with Crippen molar-refractivity contribution in [1.29, 1.82) is 0 Å². The first-order valence-electron chi connectivity index (χ1n) is 20.3. The van der Waals surface area contributed by atoms with Crippen molar-refractivity contribution in [2.75, 3.05) is 0 Å². The van der Waals surface area contributed by atoms with Crippen LogP contribution in [0.1, 0.15) is 159 Å². The van der Waals surface area contributed by atoms with Crippen molar-refractivity contribution < 1.29 is 0 Å². The number of pyridine rings is 2. The van der Waals surface area contributed by atoms with Crippen LogP contribution in [-0.2, 0) is 32.5 Å². The molecule has 0 fully saturated rings. The Morgan fingerprint density at radius 1 is 0.373 bits per heavy atom. The van der Waals surface area contributed by atoms with Gasteiger partial charge in [-0.25, -0.2) is 9.97 Å². The Bertz CT molecular complexity index is 1620. The lowest BCUT2D eigenvalue weighted by atomic mass is 9.88. The van der Waals surface area contributed by atoms with Crippen LogP contribution in [0.25, 0.3) is 0 Å². The van der Waals surface area contributed by atoms with E-state index in [4.69, 9.17) is 0 Å². The maximum Gasteiger partial charge on any atom is 0.133 e. The van der Waals surface area contributed by atoms with Gasteiger partial charge in [0.1, 0.15) is 5.82 Å². The summed E-state index contributed by atoms with van der Waals surface area (Å²) < 4.78 is 0. The third kappa shape index (κ3) is 22.5. The third-order valence-corrected chi connectivity index (χ3v) is 8.18. The lowest BCUT2D eigenvalue weighted by molar-refractivity contribution is 0.545. The highest BCUT2D eigenvalue weighted by molar-refractivity contribution is 5.18. The van der Waals surface area contributed by atoms with Crippen molar-refractivity contribution in [2.24, 2.45) is 0 Å². The van der Waals surface area contributed by atoms with E-state index in [0.717, 1.165) is 22.9 Å². The summed E-state index contributed by atoms with van der Waals surface area (Å²) in [5.74, 6) is 0.898. The molecule has 0 aliphatic heterocycles. The zero-order chi connectivity index (χ0) is 45.0. The molecular weight excluding hydrogens is 729 g/mol. The van der Waals surface area contributed by atoms with Gasteiger partial charge in [0.25, 0.3) is 0 Å². The fraction of sp³-hybridized carbons (Fsp3) is 0.490. The van der Waals surface area contributed by atoms with Crippen LogP contribution in [0.5, 0.6) is 0 Å². The van der Waals surface area contributed by atoms with E-state index in [1.165, 1.54) is 11.3 Å². The summed E-state index contributed by atoms with van der Waals surface area (Å²) in [6, 6.07) is 17.8. The zero-order valence-electron chi connectivity index (χ0n) is 39.5. The maximum absolute atomic E-state index is 4.25. The predicted molar refractivity (Wildman–Crippen MR) is 245 cm³/mol. The SMILES string of the molecule is CC(C)(C)c1ccccn1.CC(C)(C)c1cccnc1.CC(C)(C)c1cccnn1.CC(C)(C)c1ccn[nH]1.CC(C)(C)c1cnccn1.CC(C)(C)c1ncccn1. The fourth-order valence-electron chi connectivity index (χ4n) is 4.36. The molecule has 0 saturated heterocycles. The van der Waals surface area contributed by atoms with Gasteiger partial charge >= 0.3 is 0 Å². The Morgan fingerprint density at radius 3 is 1.20 bits per heavy atom. The molecule has 0 spiro atoms. The molecule has 10 heteroatoms. The number of nitrogens with zero attached hydrogens (tertiary/aromatic N) is 9. The van der Waals surface area contributed by atoms with Crippen LogP contribution in [-0.4, -0.2) is 50.3 Å². The van der Waals surface area contributed by atoms with Gasteiger partial charge in [-0.1, -0.05) is 137 Å². The van der Waals surface area contributed by atoms with E-state index in [1.54, 1.807) is 49.6 Å². The highest BCUT2D eigenvalue weighted by Crippen LogP contribution is 2.21. The maximum atomic E-state index is 4.25. The van der Waals surface area contributed by atoms with E-state index in [-0.39, 0.29) is 32.5 Å². The van der Waals surface area contributed by atoms with Crippen LogP contribution in [0.4, 0.5) is 0 Å². The van der Waals surface area contributed by atoms with Gasteiger partial charge in [-0.15, -0.1) is 0 Å². The Hall–Kier alpha value is -5.25. The van der Waals surface area contributed by atoms with E-state index in [0.29, 0.717) is 0 Å². The van der Waals surface area contributed by atoms with Gasteiger partial charge in [-0.3, -0.25) is 25.0 Å². The Morgan fingerprint density at radius 2 is 0.915 bits per heavy atom. The predicted octanol–water partition coefficient (Wildman–Crippen LogP) is 11.8. The van der Waals surface area contributed by atoms with Crippen molar-refractivity contribution in [1.82, 2.24) is 50.3 Å². The molecule has 6 heterocycles. The molecule has 10 nitrogen and oxygen atoms in total. The normalized spacial score (nSPS) is 11.6. The third-order valence-electron chi connectivity index (χ3n) is 8.18. The number of hydrogen-bond donors (Lipinski definition) is 1. The van der Waals surface area contributed by atoms with Gasteiger partial charge in [0.2, 0.25) is 0 Å². The van der Waals surface area contributed by atoms with Gasteiger partial charge in [-0.2, -0.15) is 15.3 Å². The van der Waals surface area contributed by atoms with Crippen molar-refractivity contribution in [3.05, 3.63) is 151 Å². The molecule has 0 aromatic carbocycles. The first-order valence-corrected chi connectivity index (χ1v) is 20.3. The minimum atomic E-state index is 0.0707. The second kappa shape index (κ2) is 23.4. The van der Waals surface area contributed by atoms with Crippen LogP contribution in [0.2, 0.25) is 0 Å². The van der Waals surface area contributed by atoms with Crippen molar-refractivity contribution in [3.8, 4) is 0 Å². The fourth-order valence-corrected chi connectivity index (χ4v) is 4.36. The minimum absolute atomic E-state index is 0.0707. The molecule has 0 bridgehead atoms. The van der Waals surface area contributed by atoms with E-state index in [1.807, 2.05) is 54.9 Å². The number of H-pyrrole nitrogens is 1. The Labute approximate surface area is 357 Å². The molecule has 0 unspecified atom stereocenters. The highest BCUT2D eigenvalue weighted by Gasteiger charge is 2.17. The van der Waals surface area contributed by atoms with E-state index < -0.39 is 0 Å². The monoisotopic (exact) mass is 803 g/mol. The molecule has 0 aliphatic carbocycles. The Balaban J connectivity index is 0.000000354. The molecule has 59 heavy (non-hydrogen) atoms. The van der Waals surface area contributed by atoms with Crippen LogP contribution in [0, 0.1) is 0 Å². The van der Waals surface area contributed by atoms with Crippen LogP contribution < -0.4 is 0 Å². The molecule has 0 amide bonds. The summed E-state index contributed by atoms with van der Waals surface area (Å²) in [6.07, 6.45) is 17.8. The van der Waals surface area contributed by atoms with E-state index in [2.05, 4.69) is 187 Å². The summed E-state index contributed by atoms with van der Waals surface area (Å²) in [5, 5.41) is 14.6. The number of rotatable bonds is 0. The summed E-state index contributed by atoms with van der Waals surface area (Å²) in [5.41, 5.74) is 6.62. The average molecular weight is 803 g/mol. The van der Waals surface area contributed by atoms with Crippen molar-refractivity contribution >= 4 is 0 Å². The molecule has 6 aromatic rings. The summed E-state index contributed by atoms with van der Waals surface area (Å²) in [6.45, 7) is 38.5. The first kappa shape index (κ1) is 51.8. The number of nitrogens with one attached hydrogen (secondary N) is 1. The first-order chi connectivity index (χ1) is 27.1. The van der Waals surface area contributed by atoms with E-state index in [9.17, 15) is 0 Å². The molecule has 6 rings (SSSR count). The van der Waals surface area contributed by atoms with Gasteiger partial charge < -0.3 is 0 Å². The average Bonchev–Trinajstić information content (AvgIpc) is 3.73. The molecule has 6 aromatic heterocycles. The van der Waals surface area contributed by atoms with Gasteiger partial charge in [0, 0.05) is 100 Å². The van der Waals surface area contributed by atoms with Crippen LogP contribution >= 0.6 is 0 Å². The molecular formula is C49H74N10. The summed E-state index contributed by atoms with van der Waals surface area (Å²) >= 11 is 0.